The molecule has 6 rings (SSSR count). The minimum Gasteiger partial charge on any atom is -0.438 e. The Kier molecular flexibility index (Phi) is 11.0. The lowest BCUT2D eigenvalue weighted by Crippen LogP contribution is -2.44. The molecule has 2 fully saturated rings. The normalized spacial score (nSPS) is 18.2. The maximum atomic E-state index is 14.3. The number of hydrogen-bond donors (Lipinski definition) is 3. The van der Waals surface area contributed by atoms with E-state index in [2.05, 4.69) is 55.1 Å². The van der Waals surface area contributed by atoms with Gasteiger partial charge in [0.2, 0.25) is 5.88 Å². The van der Waals surface area contributed by atoms with Crippen LogP contribution in [-0.2, 0) is 6.42 Å². The van der Waals surface area contributed by atoms with Crippen molar-refractivity contribution in [2.45, 2.75) is 57.5 Å². The molecule has 10 heteroatoms. The summed E-state index contributed by atoms with van der Waals surface area (Å²) in [5, 5.41) is 9.47. The fraction of sp³-hybridized carbons (Fsp3) is 0.368. The average molecular weight is 651 g/mol. The van der Waals surface area contributed by atoms with E-state index in [0.29, 0.717) is 37.1 Å². The second-order valence-corrected chi connectivity index (χ2v) is 12.7. The number of pyridine rings is 2. The Balaban J connectivity index is 1.03. The summed E-state index contributed by atoms with van der Waals surface area (Å²) < 4.78 is 20.4. The molecule has 1 saturated carbocycles. The maximum Gasteiger partial charge on any atom is 0.270 e. The van der Waals surface area contributed by atoms with Crippen molar-refractivity contribution in [2.24, 2.45) is 0 Å². The molecule has 2 amide bonds. The quantitative estimate of drug-likeness (QED) is 0.191. The number of amides is 2. The maximum absolute atomic E-state index is 14.3. The van der Waals surface area contributed by atoms with Gasteiger partial charge in [0.25, 0.3) is 11.8 Å². The summed E-state index contributed by atoms with van der Waals surface area (Å²) in [7, 11) is 0. The molecule has 1 aliphatic carbocycles. The molecule has 0 radical (unpaired) electrons. The largest absolute Gasteiger partial charge is 0.438 e. The lowest BCUT2D eigenvalue weighted by Gasteiger charge is -2.29. The van der Waals surface area contributed by atoms with Crippen LogP contribution >= 0.6 is 0 Å². The van der Waals surface area contributed by atoms with Gasteiger partial charge in [-0.25, -0.2) is 14.4 Å². The molecule has 1 saturated heterocycles. The summed E-state index contributed by atoms with van der Waals surface area (Å²) in [5.74, 6) is -0.725. The van der Waals surface area contributed by atoms with E-state index < -0.39 is 11.7 Å². The first-order valence-electron chi connectivity index (χ1n) is 16.9. The molecule has 0 bridgehead atoms. The lowest BCUT2D eigenvalue weighted by molar-refractivity contribution is 0.0887. The highest BCUT2D eigenvalue weighted by atomic mass is 19.1. The van der Waals surface area contributed by atoms with Crippen LogP contribution in [0.5, 0.6) is 11.6 Å². The number of carbonyl (C=O) groups excluding carboxylic acids is 2. The molecule has 4 aromatic rings. The van der Waals surface area contributed by atoms with Crippen LogP contribution in [-0.4, -0.2) is 71.5 Å². The number of carbonyl (C=O) groups is 2. The van der Waals surface area contributed by atoms with Gasteiger partial charge in [-0.2, -0.15) is 0 Å². The number of piperazine rings is 1. The molecule has 3 N–H and O–H groups in total. The second kappa shape index (κ2) is 16.0. The highest BCUT2D eigenvalue weighted by Gasteiger charge is 2.26. The molecule has 1 aliphatic heterocycles. The summed E-state index contributed by atoms with van der Waals surface area (Å²) in [4.78, 5) is 36.9. The standard InChI is InChI=1S/C38H43FN6O3/c1-26-5-2-9-35(42-26)37(47)44-32-16-14-31(15-17-32)43-36(46)34-24-30(39)25-41-38(34)48-33-8-3-7-29(23-33)28-12-10-27(11-13-28)6-4-20-45-21-18-40-19-22-45/h2-3,5,7-13,23-25,31-32,40H,4,6,14-22H2,1H3,(H,43,46)(H,44,47)/t31-,32+. The third kappa shape index (κ3) is 9.02. The van der Waals surface area contributed by atoms with Crippen molar-refractivity contribution in [3.05, 3.63) is 107 Å². The summed E-state index contributed by atoms with van der Waals surface area (Å²) in [5.41, 5.74) is 4.55. The van der Waals surface area contributed by atoms with E-state index in [9.17, 15) is 14.0 Å². The molecule has 2 aromatic heterocycles. The van der Waals surface area contributed by atoms with Crippen LogP contribution in [0.15, 0.2) is 79.0 Å². The van der Waals surface area contributed by atoms with Crippen molar-refractivity contribution in [1.82, 2.24) is 30.8 Å². The molecule has 250 valence electrons. The molecule has 0 spiro atoms. The Morgan fingerprint density at radius 3 is 2.33 bits per heavy atom. The van der Waals surface area contributed by atoms with Gasteiger partial charge in [-0.3, -0.25) is 9.59 Å². The van der Waals surface area contributed by atoms with Crippen molar-refractivity contribution in [1.29, 1.82) is 0 Å². The number of nitrogens with zero attached hydrogens (tertiary/aromatic N) is 3. The van der Waals surface area contributed by atoms with Crippen LogP contribution in [0.2, 0.25) is 0 Å². The number of aromatic nitrogens is 2. The van der Waals surface area contributed by atoms with Crippen molar-refractivity contribution in [3.8, 4) is 22.8 Å². The zero-order valence-electron chi connectivity index (χ0n) is 27.4. The van der Waals surface area contributed by atoms with Crippen LogP contribution in [0.4, 0.5) is 4.39 Å². The molecule has 48 heavy (non-hydrogen) atoms. The van der Waals surface area contributed by atoms with Crippen LogP contribution in [0, 0.1) is 12.7 Å². The Morgan fingerprint density at radius 1 is 0.896 bits per heavy atom. The van der Waals surface area contributed by atoms with Crippen molar-refractivity contribution in [3.63, 3.8) is 0 Å². The molecular formula is C38H43FN6O3. The number of ether oxygens (including phenoxy) is 1. The predicted molar refractivity (Wildman–Crippen MR) is 184 cm³/mol. The van der Waals surface area contributed by atoms with E-state index in [-0.39, 0.29) is 29.4 Å². The number of nitrogens with one attached hydrogen (secondary N) is 3. The topological polar surface area (TPSA) is 108 Å². The number of rotatable bonds is 11. The number of benzene rings is 2. The van der Waals surface area contributed by atoms with E-state index in [0.717, 1.165) is 74.6 Å². The van der Waals surface area contributed by atoms with E-state index in [1.807, 2.05) is 37.3 Å². The van der Waals surface area contributed by atoms with Gasteiger partial charge in [0.1, 0.15) is 22.8 Å². The lowest BCUT2D eigenvalue weighted by atomic mass is 9.91. The van der Waals surface area contributed by atoms with Gasteiger partial charge in [0.05, 0.1) is 6.20 Å². The summed E-state index contributed by atoms with van der Waals surface area (Å²) in [6.07, 6.45) is 5.98. The smallest absolute Gasteiger partial charge is 0.270 e. The number of hydrogen-bond acceptors (Lipinski definition) is 7. The minimum atomic E-state index is -0.620. The van der Waals surface area contributed by atoms with Gasteiger partial charge < -0.3 is 25.6 Å². The fourth-order valence-electron chi connectivity index (χ4n) is 6.40. The van der Waals surface area contributed by atoms with Crippen LogP contribution in [0.25, 0.3) is 11.1 Å². The first-order valence-corrected chi connectivity index (χ1v) is 16.9. The van der Waals surface area contributed by atoms with Gasteiger partial charge in [0, 0.05) is 44.0 Å². The molecule has 0 unspecified atom stereocenters. The zero-order valence-corrected chi connectivity index (χ0v) is 27.4. The molecule has 3 heterocycles. The van der Waals surface area contributed by atoms with Gasteiger partial charge >= 0.3 is 0 Å². The number of halogens is 1. The van der Waals surface area contributed by atoms with Crippen LogP contribution < -0.4 is 20.7 Å². The monoisotopic (exact) mass is 650 g/mol. The van der Waals surface area contributed by atoms with Crippen molar-refractivity contribution >= 4 is 11.8 Å². The highest BCUT2D eigenvalue weighted by molar-refractivity contribution is 5.96. The summed E-state index contributed by atoms with van der Waals surface area (Å²) in [6, 6.07) is 22.6. The van der Waals surface area contributed by atoms with Gasteiger partial charge in [0.15, 0.2) is 0 Å². The molecular weight excluding hydrogens is 607 g/mol. The van der Waals surface area contributed by atoms with Crippen LogP contribution in [0.1, 0.15) is 64.2 Å². The Labute approximate surface area is 281 Å². The molecule has 2 aromatic carbocycles. The second-order valence-electron chi connectivity index (χ2n) is 12.7. The first kappa shape index (κ1) is 33.2. The van der Waals surface area contributed by atoms with E-state index in [1.165, 1.54) is 5.56 Å². The average Bonchev–Trinajstić information content (AvgIpc) is 3.11. The predicted octanol–water partition coefficient (Wildman–Crippen LogP) is 5.69. The van der Waals surface area contributed by atoms with E-state index >= 15 is 0 Å². The third-order valence-corrected chi connectivity index (χ3v) is 9.07. The van der Waals surface area contributed by atoms with Crippen molar-refractivity contribution in [2.75, 3.05) is 32.7 Å². The minimum absolute atomic E-state index is 0.00595. The SMILES string of the molecule is Cc1cccc(C(=O)N[C@H]2CC[C@@H](NC(=O)c3cc(F)cnc3Oc3cccc(-c4ccc(CCCN5CCNCC5)cc4)c3)CC2)n1. The summed E-state index contributed by atoms with van der Waals surface area (Å²) >= 11 is 0. The molecule has 2 aliphatic rings. The molecule has 9 nitrogen and oxygen atoms in total. The first-order chi connectivity index (χ1) is 23.4. The van der Waals surface area contributed by atoms with Crippen molar-refractivity contribution < 1.29 is 18.7 Å². The fourth-order valence-corrected chi connectivity index (χ4v) is 6.40. The van der Waals surface area contributed by atoms with E-state index in [1.54, 1.807) is 12.1 Å². The Hall–Kier alpha value is -4.67. The van der Waals surface area contributed by atoms with E-state index in [4.69, 9.17) is 4.74 Å². The summed E-state index contributed by atoms with van der Waals surface area (Å²) in [6.45, 7) is 7.35. The van der Waals surface area contributed by atoms with Crippen LogP contribution in [0.3, 0.4) is 0 Å². The highest BCUT2D eigenvalue weighted by Crippen LogP contribution is 2.29. The van der Waals surface area contributed by atoms with Gasteiger partial charge in [-0.1, -0.05) is 42.5 Å². The molecule has 0 atom stereocenters. The third-order valence-electron chi connectivity index (χ3n) is 9.07. The van der Waals surface area contributed by atoms with Gasteiger partial charge in [-0.15, -0.1) is 0 Å². The zero-order chi connectivity index (χ0) is 33.3. The number of aryl methyl sites for hydroxylation is 2. The Bertz CT molecular complexity index is 1700. The Morgan fingerprint density at radius 2 is 1.60 bits per heavy atom. The van der Waals surface area contributed by atoms with Gasteiger partial charge in [-0.05, 0) is 99.0 Å².